The van der Waals surface area contributed by atoms with E-state index in [-0.39, 0.29) is 5.91 Å². The zero-order valence-corrected chi connectivity index (χ0v) is 12.1. The lowest BCUT2D eigenvalue weighted by atomic mass is 10.2. The Morgan fingerprint density at radius 2 is 1.95 bits per heavy atom. The number of para-hydroxylation sites is 3. The number of carbonyl (C=O) groups excluding carboxylic acids is 1. The predicted molar refractivity (Wildman–Crippen MR) is 84.4 cm³/mol. The Kier molecular flexibility index (Phi) is 2.93. The van der Waals surface area contributed by atoms with Gasteiger partial charge < -0.3 is 9.88 Å². The van der Waals surface area contributed by atoms with Crippen molar-refractivity contribution >= 4 is 34.4 Å². The monoisotopic (exact) mass is 295 g/mol. The number of nitrogens with zero attached hydrogens (tertiary/aromatic N) is 2. The molecule has 0 spiro atoms. The van der Waals surface area contributed by atoms with Crippen molar-refractivity contribution in [3.05, 3.63) is 54.4 Å². The molecule has 1 aliphatic rings. The number of anilines is 1. The Morgan fingerprint density at radius 3 is 2.86 bits per heavy atom. The Labute approximate surface area is 126 Å². The number of H-pyrrole nitrogens is 1. The molecule has 0 fully saturated rings. The zero-order valence-electron chi connectivity index (χ0n) is 11.2. The number of carbonyl (C=O) groups is 1. The quantitative estimate of drug-likeness (QED) is 0.790. The molecule has 0 unspecified atom stereocenters. The molecule has 2 heterocycles. The van der Waals surface area contributed by atoms with Crippen molar-refractivity contribution in [1.82, 2.24) is 9.97 Å². The first-order valence-corrected chi connectivity index (χ1v) is 7.75. The minimum atomic E-state index is 0.124. The topological polar surface area (TPSA) is 49.0 Å². The second-order valence-electron chi connectivity index (χ2n) is 4.94. The van der Waals surface area contributed by atoms with Gasteiger partial charge in [0, 0.05) is 4.90 Å². The van der Waals surface area contributed by atoms with Crippen LogP contribution in [0.4, 0.5) is 5.69 Å². The summed E-state index contributed by atoms with van der Waals surface area (Å²) >= 11 is 1.59. The maximum Gasteiger partial charge on any atom is 0.237 e. The van der Waals surface area contributed by atoms with Crippen molar-refractivity contribution in [2.24, 2.45) is 0 Å². The first kappa shape index (κ1) is 12.5. The summed E-state index contributed by atoms with van der Waals surface area (Å²) in [4.78, 5) is 23.0. The highest BCUT2D eigenvalue weighted by Crippen LogP contribution is 2.35. The van der Waals surface area contributed by atoms with Gasteiger partial charge in [0.1, 0.15) is 5.82 Å². The molecule has 0 atom stereocenters. The SMILES string of the molecule is O=C1CSc2ccccc2N1Cc1nc2ccccc2[nH]1. The first-order chi connectivity index (χ1) is 10.3. The van der Waals surface area contributed by atoms with Crippen LogP contribution in [0.2, 0.25) is 0 Å². The number of nitrogens with one attached hydrogen (secondary N) is 1. The van der Waals surface area contributed by atoms with Gasteiger partial charge in [-0.2, -0.15) is 0 Å². The van der Waals surface area contributed by atoms with Crippen molar-refractivity contribution in [3.63, 3.8) is 0 Å². The van der Waals surface area contributed by atoms with Gasteiger partial charge in [-0.05, 0) is 24.3 Å². The highest BCUT2D eigenvalue weighted by Gasteiger charge is 2.25. The van der Waals surface area contributed by atoms with Gasteiger partial charge in [0.15, 0.2) is 0 Å². The standard InChI is InChI=1S/C16H13N3OS/c20-16-10-21-14-8-4-3-7-13(14)19(16)9-15-17-11-5-1-2-6-12(11)18-15/h1-8H,9-10H2,(H,17,18). The van der Waals surface area contributed by atoms with E-state index in [0.717, 1.165) is 27.4 Å². The van der Waals surface area contributed by atoms with Gasteiger partial charge in [0.05, 0.1) is 29.0 Å². The Bertz CT molecular complexity index is 794. The zero-order chi connectivity index (χ0) is 14.2. The van der Waals surface area contributed by atoms with Gasteiger partial charge in [-0.1, -0.05) is 24.3 Å². The highest BCUT2D eigenvalue weighted by molar-refractivity contribution is 8.00. The van der Waals surface area contributed by atoms with E-state index in [2.05, 4.69) is 16.0 Å². The van der Waals surface area contributed by atoms with Gasteiger partial charge >= 0.3 is 0 Å². The van der Waals surface area contributed by atoms with Gasteiger partial charge in [-0.15, -0.1) is 11.8 Å². The van der Waals surface area contributed by atoms with Crippen LogP contribution in [0, 0.1) is 0 Å². The van der Waals surface area contributed by atoms with Crippen molar-refractivity contribution in [1.29, 1.82) is 0 Å². The number of thioether (sulfide) groups is 1. The molecule has 4 nitrogen and oxygen atoms in total. The van der Waals surface area contributed by atoms with Gasteiger partial charge in [-0.25, -0.2) is 4.98 Å². The number of rotatable bonds is 2. The summed E-state index contributed by atoms with van der Waals surface area (Å²) in [5.41, 5.74) is 2.90. The molecule has 2 aromatic carbocycles. The van der Waals surface area contributed by atoms with E-state index in [1.807, 2.05) is 47.4 Å². The molecule has 0 bridgehead atoms. The average Bonchev–Trinajstić information content (AvgIpc) is 2.92. The van der Waals surface area contributed by atoms with Crippen LogP contribution in [0.15, 0.2) is 53.4 Å². The molecule has 1 aromatic heterocycles. The first-order valence-electron chi connectivity index (χ1n) is 6.77. The lowest BCUT2D eigenvalue weighted by Gasteiger charge is -2.28. The van der Waals surface area contributed by atoms with E-state index in [4.69, 9.17) is 0 Å². The number of amides is 1. The fraction of sp³-hybridized carbons (Fsp3) is 0.125. The molecule has 3 aromatic rings. The van der Waals surface area contributed by atoms with Crippen molar-refractivity contribution in [2.45, 2.75) is 11.4 Å². The van der Waals surface area contributed by atoms with Crippen molar-refractivity contribution in [2.75, 3.05) is 10.7 Å². The van der Waals surface area contributed by atoms with Gasteiger partial charge in [0.25, 0.3) is 0 Å². The van der Waals surface area contributed by atoms with Crippen molar-refractivity contribution in [3.8, 4) is 0 Å². The van der Waals surface area contributed by atoms with E-state index < -0.39 is 0 Å². The summed E-state index contributed by atoms with van der Waals surface area (Å²) in [7, 11) is 0. The maximum atomic E-state index is 12.2. The molecular weight excluding hydrogens is 282 g/mol. The summed E-state index contributed by atoms with van der Waals surface area (Å²) in [6.07, 6.45) is 0. The fourth-order valence-corrected chi connectivity index (χ4v) is 3.49. The molecule has 4 rings (SSSR count). The van der Waals surface area contributed by atoms with Crippen LogP contribution >= 0.6 is 11.8 Å². The molecule has 5 heteroatoms. The minimum Gasteiger partial charge on any atom is -0.340 e. The minimum absolute atomic E-state index is 0.124. The van der Waals surface area contributed by atoms with Crippen LogP contribution in [-0.2, 0) is 11.3 Å². The number of benzene rings is 2. The van der Waals surface area contributed by atoms with Crippen LogP contribution in [0.3, 0.4) is 0 Å². The molecule has 21 heavy (non-hydrogen) atoms. The molecule has 0 aliphatic carbocycles. The molecule has 0 saturated heterocycles. The van der Waals surface area contributed by atoms with E-state index >= 15 is 0 Å². The van der Waals surface area contributed by atoms with Crippen LogP contribution in [0.25, 0.3) is 11.0 Å². The van der Waals surface area contributed by atoms with E-state index in [1.54, 1.807) is 11.8 Å². The number of hydrogen-bond acceptors (Lipinski definition) is 3. The molecule has 0 radical (unpaired) electrons. The highest BCUT2D eigenvalue weighted by atomic mass is 32.2. The third kappa shape index (κ3) is 2.19. The lowest BCUT2D eigenvalue weighted by Crippen LogP contribution is -2.35. The van der Waals surface area contributed by atoms with E-state index in [1.165, 1.54) is 0 Å². The third-order valence-electron chi connectivity index (χ3n) is 3.55. The molecule has 0 saturated carbocycles. The molecular formula is C16H13N3OS. The number of fused-ring (bicyclic) bond motifs is 2. The van der Waals surface area contributed by atoms with Crippen LogP contribution in [0.5, 0.6) is 0 Å². The Morgan fingerprint density at radius 1 is 1.14 bits per heavy atom. The summed E-state index contributed by atoms with van der Waals surface area (Å²) < 4.78 is 0. The second kappa shape index (κ2) is 4.93. The maximum absolute atomic E-state index is 12.2. The third-order valence-corrected chi connectivity index (χ3v) is 4.60. The molecule has 104 valence electrons. The lowest BCUT2D eigenvalue weighted by molar-refractivity contribution is -0.116. The molecule has 1 amide bonds. The number of hydrogen-bond donors (Lipinski definition) is 1. The van der Waals surface area contributed by atoms with Crippen LogP contribution in [0.1, 0.15) is 5.82 Å². The number of aromatic nitrogens is 2. The van der Waals surface area contributed by atoms with Gasteiger partial charge in [-0.3, -0.25) is 4.79 Å². The Hall–Kier alpha value is -2.27. The van der Waals surface area contributed by atoms with Crippen LogP contribution in [-0.4, -0.2) is 21.6 Å². The summed E-state index contributed by atoms with van der Waals surface area (Å²) in [6.45, 7) is 0.477. The Balaban J connectivity index is 1.71. The predicted octanol–water partition coefficient (Wildman–Crippen LogP) is 3.20. The molecule has 1 aliphatic heterocycles. The number of aromatic amines is 1. The van der Waals surface area contributed by atoms with Gasteiger partial charge in [0.2, 0.25) is 5.91 Å². The van der Waals surface area contributed by atoms with Crippen LogP contribution < -0.4 is 4.90 Å². The normalized spacial score (nSPS) is 14.5. The molecule has 1 N–H and O–H groups in total. The summed E-state index contributed by atoms with van der Waals surface area (Å²) in [5.74, 6) is 1.42. The van der Waals surface area contributed by atoms with E-state index in [9.17, 15) is 4.79 Å². The smallest absolute Gasteiger partial charge is 0.237 e. The largest absolute Gasteiger partial charge is 0.340 e. The van der Waals surface area contributed by atoms with E-state index in [0.29, 0.717) is 12.3 Å². The fourth-order valence-electron chi connectivity index (χ4n) is 2.56. The second-order valence-corrected chi connectivity index (χ2v) is 5.95. The van der Waals surface area contributed by atoms with Crippen molar-refractivity contribution < 1.29 is 4.79 Å². The average molecular weight is 295 g/mol. The number of imidazole rings is 1. The summed E-state index contributed by atoms with van der Waals surface area (Å²) in [6, 6.07) is 15.9. The summed E-state index contributed by atoms with van der Waals surface area (Å²) in [5, 5.41) is 0.